The van der Waals surface area contributed by atoms with Crippen LogP contribution >= 0.6 is 35.3 Å². The largest absolute Gasteiger partial charge is 0.356 e. The van der Waals surface area contributed by atoms with Crippen molar-refractivity contribution in [3.63, 3.8) is 0 Å². The lowest BCUT2D eigenvalue weighted by Crippen LogP contribution is -2.40. The Morgan fingerprint density at radius 2 is 1.89 bits per heavy atom. The zero-order valence-electron chi connectivity index (χ0n) is 15.6. The van der Waals surface area contributed by atoms with Gasteiger partial charge in [-0.15, -0.1) is 35.3 Å². The molecule has 2 aromatic rings. The third-order valence-electron chi connectivity index (χ3n) is 3.71. The van der Waals surface area contributed by atoms with Gasteiger partial charge in [-0.1, -0.05) is 18.2 Å². The molecule has 2 N–H and O–H groups in total. The predicted octanol–water partition coefficient (Wildman–Crippen LogP) is 2.91. The number of guanidine groups is 1. The van der Waals surface area contributed by atoms with Gasteiger partial charge in [0.15, 0.2) is 5.96 Å². The minimum Gasteiger partial charge on any atom is -0.356 e. The van der Waals surface area contributed by atoms with Gasteiger partial charge in [-0.25, -0.2) is 9.38 Å². The number of halogens is 2. The van der Waals surface area contributed by atoms with Gasteiger partial charge in [0.1, 0.15) is 12.4 Å². The SMILES string of the molecule is CN(C)C(=O)CN=C(NCCc1cccc(F)c1)NCCc1cccs1.I. The van der Waals surface area contributed by atoms with Gasteiger partial charge in [0, 0.05) is 32.1 Å². The van der Waals surface area contributed by atoms with Crippen LogP contribution in [0.15, 0.2) is 46.8 Å². The molecule has 0 aliphatic heterocycles. The summed E-state index contributed by atoms with van der Waals surface area (Å²) in [5, 5.41) is 8.51. The summed E-state index contributed by atoms with van der Waals surface area (Å²) in [6.45, 7) is 1.41. The molecule has 2 rings (SSSR count). The number of amides is 1. The monoisotopic (exact) mass is 504 g/mol. The van der Waals surface area contributed by atoms with E-state index in [0.717, 1.165) is 18.5 Å². The average Bonchev–Trinajstić information content (AvgIpc) is 3.12. The predicted molar refractivity (Wildman–Crippen MR) is 121 cm³/mol. The van der Waals surface area contributed by atoms with Crippen LogP contribution in [0.4, 0.5) is 4.39 Å². The Hall–Kier alpha value is -1.68. The second-order valence-electron chi connectivity index (χ2n) is 6.02. The molecule has 0 unspecified atom stereocenters. The zero-order valence-corrected chi connectivity index (χ0v) is 18.7. The van der Waals surface area contributed by atoms with Crippen molar-refractivity contribution in [1.82, 2.24) is 15.5 Å². The second kappa shape index (κ2) is 12.7. The molecule has 0 spiro atoms. The van der Waals surface area contributed by atoms with Gasteiger partial charge in [-0.2, -0.15) is 0 Å². The highest BCUT2D eigenvalue weighted by Crippen LogP contribution is 2.08. The third kappa shape index (κ3) is 9.18. The van der Waals surface area contributed by atoms with Gasteiger partial charge >= 0.3 is 0 Å². The summed E-state index contributed by atoms with van der Waals surface area (Å²) in [5.74, 6) is 0.296. The zero-order chi connectivity index (χ0) is 18.8. The normalized spacial score (nSPS) is 10.9. The molecule has 0 aliphatic carbocycles. The summed E-state index contributed by atoms with van der Waals surface area (Å²) < 4.78 is 13.2. The van der Waals surface area contributed by atoms with E-state index in [9.17, 15) is 9.18 Å². The molecule has 0 saturated carbocycles. The number of nitrogens with one attached hydrogen (secondary N) is 2. The van der Waals surface area contributed by atoms with E-state index in [0.29, 0.717) is 18.9 Å². The van der Waals surface area contributed by atoms with Crippen LogP contribution in [-0.2, 0) is 17.6 Å². The van der Waals surface area contributed by atoms with Gasteiger partial charge in [-0.05, 0) is 42.0 Å². The van der Waals surface area contributed by atoms with Crippen LogP contribution in [0.25, 0.3) is 0 Å². The minimum absolute atomic E-state index is 0. The number of aliphatic imine (C=N–C) groups is 1. The fourth-order valence-corrected chi connectivity index (χ4v) is 2.95. The van der Waals surface area contributed by atoms with Crippen LogP contribution < -0.4 is 10.6 Å². The fourth-order valence-electron chi connectivity index (χ4n) is 2.24. The van der Waals surface area contributed by atoms with Gasteiger partial charge in [0.25, 0.3) is 0 Å². The summed E-state index contributed by atoms with van der Waals surface area (Å²) in [7, 11) is 3.41. The molecule has 0 fully saturated rings. The summed E-state index contributed by atoms with van der Waals surface area (Å²) in [6, 6.07) is 10.7. The lowest BCUT2D eigenvalue weighted by molar-refractivity contribution is -0.127. The highest BCUT2D eigenvalue weighted by atomic mass is 127. The van der Waals surface area contributed by atoms with Crippen LogP contribution in [0, 0.1) is 5.82 Å². The van der Waals surface area contributed by atoms with E-state index in [1.807, 2.05) is 12.1 Å². The minimum atomic E-state index is -0.234. The summed E-state index contributed by atoms with van der Waals surface area (Å²) in [5.41, 5.74) is 0.916. The fraction of sp³-hybridized carbons (Fsp3) is 0.368. The Labute approximate surface area is 181 Å². The van der Waals surface area contributed by atoms with E-state index < -0.39 is 0 Å². The van der Waals surface area contributed by atoms with Crippen molar-refractivity contribution < 1.29 is 9.18 Å². The van der Waals surface area contributed by atoms with Crippen LogP contribution in [0.5, 0.6) is 0 Å². The van der Waals surface area contributed by atoms with E-state index in [1.54, 1.807) is 31.5 Å². The molecular formula is C19H26FIN4OS. The molecule has 1 aromatic heterocycles. The number of hydrogen-bond acceptors (Lipinski definition) is 3. The number of carbonyl (C=O) groups excluding carboxylic acids is 1. The number of nitrogens with zero attached hydrogens (tertiary/aromatic N) is 2. The van der Waals surface area contributed by atoms with E-state index >= 15 is 0 Å². The van der Waals surface area contributed by atoms with Crippen LogP contribution in [-0.4, -0.2) is 50.5 Å². The maximum Gasteiger partial charge on any atom is 0.243 e. The van der Waals surface area contributed by atoms with Crippen molar-refractivity contribution in [1.29, 1.82) is 0 Å². The van der Waals surface area contributed by atoms with Gasteiger partial charge in [0.2, 0.25) is 5.91 Å². The van der Waals surface area contributed by atoms with Crippen molar-refractivity contribution in [2.45, 2.75) is 12.8 Å². The van der Waals surface area contributed by atoms with Gasteiger partial charge in [0.05, 0.1) is 0 Å². The lowest BCUT2D eigenvalue weighted by Gasteiger charge is -2.13. The molecule has 1 amide bonds. The molecule has 1 aromatic carbocycles. The summed E-state index contributed by atoms with van der Waals surface area (Å²) in [6.07, 6.45) is 1.56. The maximum atomic E-state index is 13.2. The smallest absolute Gasteiger partial charge is 0.243 e. The van der Waals surface area contributed by atoms with E-state index in [-0.39, 0.29) is 42.2 Å². The van der Waals surface area contributed by atoms with Gasteiger partial charge < -0.3 is 15.5 Å². The number of hydrogen-bond donors (Lipinski definition) is 2. The van der Waals surface area contributed by atoms with E-state index in [2.05, 4.69) is 27.1 Å². The lowest BCUT2D eigenvalue weighted by atomic mass is 10.1. The van der Waals surface area contributed by atoms with Crippen molar-refractivity contribution in [2.24, 2.45) is 4.99 Å². The highest BCUT2D eigenvalue weighted by Gasteiger charge is 2.05. The molecule has 148 valence electrons. The molecular weight excluding hydrogens is 478 g/mol. The third-order valence-corrected chi connectivity index (χ3v) is 4.65. The van der Waals surface area contributed by atoms with E-state index in [1.165, 1.54) is 21.9 Å². The molecule has 0 atom stereocenters. The Morgan fingerprint density at radius 1 is 1.15 bits per heavy atom. The molecule has 1 heterocycles. The molecule has 0 aliphatic rings. The Bertz CT molecular complexity index is 722. The summed E-state index contributed by atoms with van der Waals surface area (Å²) >= 11 is 1.72. The number of rotatable bonds is 8. The average molecular weight is 504 g/mol. The topological polar surface area (TPSA) is 56.7 Å². The second-order valence-corrected chi connectivity index (χ2v) is 7.05. The molecule has 0 bridgehead atoms. The van der Waals surface area contributed by atoms with Crippen LogP contribution in [0.3, 0.4) is 0 Å². The van der Waals surface area contributed by atoms with Crippen molar-refractivity contribution >= 4 is 47.2 Å². The van der Waals surface area contributed by atoms with Crippen LogP contribution in [0.2, 0.25) is 0 Å². The first kappa shape index (κ1) is 23.4. The maximum absolute atomic E-state index is 13.2. The standard InChI is InChI=1S/C19H25FN4OS.HI/c1-24(2)18(25)14-23-19(22-11-9-17-7-4-12-26-17)21-10-8-15-5-3-6-16(20)13-15;/h3-7,12-13H,8-11,14H2,1-2H3,(H2,21,22,23);1H. The number of benzene rings is 1. The number of thiophene rings is 1. The molecule has 0 saturated heterocycles. The molecule has 5 nitrogen and oxygen atoms in total. The first-order valence-electron chi connectivity index (χ1n) is 8.54. The molecule has 8 heteroatoms. The first-order valence-corrected chi connectivity index (χ1v) is 9.41. The highest BCUT2D eigenvalue weighted by molar-refractivity contribution is 14.0. The molecule has 0 radical (unpaired) electrons. The Balaban J connectivity index is 0.00000364. The summed E-state index contributed by atoms with van der Waals surface area (Å²) in [4.78, 5) is 18.9. The van der Waals surface area contributed by atoms with Gasteiger partial charge in [-0.3, -0.25) is 4.79 Å². The van der Waals surface area contributed by atoms with Crippen LogP contribution in [0.1, 0.15) is 10.4 Å². The molecule has 27 heavy (non-hydrogen) atoms. The first-order chi connectivity index (χ1) is 12.5. The van der Waals surface area contributed by atoms with E-state index in [4.69, 9.17) is 0 Å². The number of carbonyl (C=O) groups is 1. The van der Waals surface area contributed by atoms with Crippen molar-refractivity contribution in [3.8, 4) is 0 Å². The quantitative estimate of drug-likeness (QED) is 0.330. The van der Waals surface area contributed by atoms with Crippen molar-refractivity contribution in [3.05, 3.63) is 58.0 Å². The Morgan fingerprint density at radius 3 is 2.52 bits per heavy atom. The number of likely N-dealkylation sites (N-methyl/N-ethyl adjacent to an activating group) is 1. The Kier molecular flexibility index (Phi) is 11.0. The van der Waals surface area contributed by atoms with Crippen molar-refractivity contribution in [2.75, 3.05) is 33.7 Å².